The first-order chi connectivity index (χ1) is 4.86. The van der Waals surface area contributed by atoms with E-state index in [1.54, 1.807) is 12.4 Å². The average molecular weight is 133 g/mol. The Labute approximate surface area is 58.9 Å². The molecule has 0 amide bonds. The molecule has 0 aromatic carbocycles. The van der Waals surface area contributed by atoms with Gasteiger partial charge in [0.05, 0.1) is 17.9 Å². The predicted octanol–water partition coefficient (Wildman–Crippen LogP) is 0.718. The highest BCUT2D eigenvalue weighted by Gasteiger charge is 2.07. The van der Waals surface area contributed by atoms with Gasteiger partial charge in [-0.25, -0.2) is 4.98 Å². The first-order valence-corrected chi connectivity index (χ1v) is 3.18. The molecule has 0 bridgehead atoms. The van der Waals surface area contributed by atoms with E-state index in [4.69, 9.17) is 0 Å². The highest BCUT2D eigenvalue weighted by Crippen LogP contribution is 2.08. The van der Waals surface area contributed by atoms with Gasteiger partial charge in [0.25, 0.3) is 0 Å². The van der Waals surface area contributed by atoms with E-state index in [1.165, 1.54) is 0 Å². The van der Waals surface area contributed by atoms with Crippen molar-refractivity contribution < 1.29 is 0 Å². The third-order valence-electron chi connectivity index (χ3n) is 1.45. The van der Waals surface area contributed by atoms with Gasteiger partial charge in [-0.2, -0.15) is 0 Å². The normalized spacial score (nSPS) is 13.7. The molecule has 1 aromatic rings. The summed E-state index contributed by atoms with van der Waals surface area (Å²) in [6, 6.07) is 0. The Bertz CT molecular complexity index is 291. The van der Waals surface area contributed by atoms with Crippen molar-refractivity contribution in [3.8, 4) is 0 Å². The molecule has 0 aliphatic carbocycles. The third kappa shape index (κ3) is 0.708. The average Bonchev–Trinajstić information content (AvgIpc) is 2.33. The summed E-state index contributed by atoms with van der Waals surface area (Å²) in [7, 11) is 0. The second-order valence-electron chi connectivity index (χ2n) is 2.31. The largest absolute Gasteiger partial charge is 0.284 e. The number of aryl methyl sites for hydroxylation is 1. The summed E-state index contributed by atoms with van der Waals surface area (Å²) >= 11 is 0. The molecular formula is C7H7N3. The number of hydrogen-bond donors (Lipinski definition) is 0. The van der Waals surface area contributed by atoms with Crippen LogP contribution in [0.3, 0.4) is 0 Å². The molecule has 0 spiro atoms. The molecule has 1 aromatic heterocycles. The van der Waals surface area contributed by atoms with Gasteiger partial charge in [0.2, 0.25) is 0 Å². The standard InChI is InChI=1S/C7H7N3/c1-5-2-9-6-3-8-4-7(6)10-5/h2,4H,3H2,1H3. The number of aromatic nitrogens is 2. The van der Waals surface area contributed by atoms with E-state index >= 15 is 0 Å². The number of nitrogens with zero attached hydrogens (tertiary/aromatic N) is 3. The summed E-state index contributed by atoms with van der Waals surface area (Å²) in [6.45, 7) is 2.63. The van der Waals surface area contributed by atoms with E-state index in [-0.39, 0.29) is 0 Å². The van der Waals surface area contributed by atoms with E-state index in [2.05, 4.69) is 15.0 Å². The van der Waals surface area contributed by atoms with Crippen molar-refractivity contribution in [2.24, 2.45) is 4.99 Å². The monoisotopic (exact) mass is 133 g/mol. The lowest BCUT2D eigenvalue weighted by molar-refractivity contribution is 0.978. The van der Waals surface area contributed by atoms with Crippen LogP contribution in [0.5, 0.6) is 0 Å². The second kappa shape index (κ2) is 1.87. The minimum atomic E-state index is 0.697. The van der Waals surface area contributed by atoms with Gasteiger partial charge in [0.15, 0.2) is 0 Å². The third-order valence-corrected chi connectivity index (χ3v) is 1.45. The van der Waals surface area contributed by atoms with E-state index < -0.39 is 0 Å². The molecular weight excluding hydrogens is 126 g/mol. The molecule has 2 rings (SSSR count). The summed E-state index contributed by atoms with van der Waals surface area (Å²) in [5.74, 6) is 0. The van der Waals surface area contributed by atoms with Crippen molar-refractivity contribution in [2.45, 2.75) is 13.5 Å². The Morgan fingerprint density at radius 1 is 1.50 bits per heavy atom. The first-order valence-electron chi connectivity index (χ1n) is 3.18. The van der Waals surface area contributed by atoms with Crippen LogP contribution in [0, 0.1) is 6.92 Å². The Balaban J connectivity index is 2.60. The van der Waals surface area contributed by atoms with Gasteiger partial charge in [-0.05, 0) is 6.92 Å². The van der Waals surface area contributed by atoms with Crippen molar-refractivity contribution in [3.63, 3.8) is 0 Å². The Hall–Kier alpha value is -1.25. The van der Waals surface area contributed by atoms with Crippen LogP contribution in [0.25, 0.3) is 0 Å². The predicted molar refractivity (Wildman–Crippen MR) is 38.1 cm³/mol. The van der Waals surface area contributed by atoms with Crippen LogP contribution in [0.2, 0.25) is 0 Å². The summed E-state index contributed by atoms with van der Waals surface area (Å²) < 4.78 is 0. The molecule has 3 heteroatoms. The van der Waals surface area contributed by atoms with Gasteiger partial charge in [0, 0.05) is 12.4 Å². The highest BCUT2D eigenvalue weighted by atomic mass is 14.9. The molecule has 0 fully saturated rings. The lowest BCUT2D eigenvalue weighted by atomic mass is 10.3. The Morgan fingerprint density at radius 3 is 3.30 bits per heavy atom. The molecule has 50 valence electrons. The molecule has 1 aliphatic rings. The summed E-state index contributed by atoms with van der Waals surface area (Å²) in [5.41, 5.74) is 2.87. The quantitative estimate of drug-likeness (QED) is 0.523. The van der Waals surface area contributed by atoms with Gasteiger partial charge in [-0.3, -0.25) is 9.98 Å². The zero-order valence-electron chi connectivity index (χ0n) is 5.70. The number of aliphatic imine (C=N–C) groups is 1. The van der Waals surface area contributed by atoms with Crippen molar-refractivity contribution in [3.05, 3.63) is 23.3 Å². The van der Waals surface area contributed by atoms with E-state index in [1.807, 2.05) is 6.92 Å². The lowest BCUT2D eigenvalue weighted by Gasteiger charge is -1.94. The second-order valence-corrected chi connectivity index (χ2v) is 2.31. The molecule has 10 heavy (non-hydrogen) atoms. The fourth-order valence-corrected chi connectivity index (χ4v) is 0.965. The Kier molecular flexibility index (Phi) is 1.03. The Morgan fingerprint density at radius 2 is 2.40 bits per heavy atom. The number of rotatable bonds is 0. The molecule has 3 nitrogen and oxygen atoms in total. The number of fused-ring (bicyclic) bond motifs is 1. The summed E-state index contributed by atoms with van der Waals surface area (Å²) in [6.07, 6.45) is 3.54. The minimum Gasteiger partial charge on any atom is -0.284 e. The molecule has 0 saturated heterocycles. The lowest BCUT2D eigenvalue weighted by Crippen LogP contribution is -1.94. The topological polar surface area (TPSA) is 38.1 Å². The zero-order valence-corrected chi connectivity index (χ0v) is 5.70. The van der Waals surface area contributed by atoms with Crippen LogP contribution in [0.1, 0.15) is 17.1 Å². The van der Waals surface area contributed by atoms with Crippen LogP contribution >= 0.6 is 0 Å². The van der Waals surface area contributed by atoms with Crippen LogP contribution in [0.15, 0.2) is 11.2 Å². The van der Waals surface area contributed by atoms with Gasteiger partial charge < -0.3 is 0 Å². The summed E-state index contributed by atoms with van der Waals surface area (Å²) in [4.78, 5) is 12.5. The SMILES string of the molecule is Cc1cnc2c(n1)C=NC2. The van der Waals surface area contributed by atoms with E-state index in [0.717, 1.165) is 17.1 Å². The van der Waals surface area contributed by atoms with Crippen LogP contribution in [-0.2, 0) is 6.54 Å². The number of hydrogen-bond acceptors (Lipinski definition) is 3. The molecule has 0 atom stereocenters. The molecule has 0 N–H and O–H groups in total. The van der Waals surface area contributed by atoms with Gasteiger partial charge in [-0.1, -0.05) is 0 Å². The highest BCUT2D eigenvalue weighted by molar-refractivity contribution is 5.80. The van der Waals surface area contributed by atoms with Gasteiger partial charge in [0.1, 0.15) is 5.69 Å². The van der Waals surface area contributed by atoms with E-state index in [0.29, 0.717) is 6.54 Å². The molecule has 0 unspecified atom stereocenters. The maximum atomic E-state index is 4.24. The molecule has 2 heterocycles. The fourth-order valence-electron chi connectivity index (χ4n) is 0.965. The molecule has 1 aliphatic heterocycles. The molecule has 0 saturated carbocycles. The van der Waals surface area contributed by atoms with Crippen molar-refractivity contribution in [1.82, 2.24) is 9.97 Å². The maximum Gasteiger partial charge on any atom is 0.105 e. The van der Waals surface area contributed by atoms with Crippen molar-refractivity contribution in [1.29, 1.82) is 0 Å². The zero-order chi connectivity index (χ0) is 6.97. The minimum absolute atomic E-state index is 0.697. The summed E-state index contributed by atoms with van der Waals surface area (Å²) in [5, 5.41) is 0. The van der Waals surface area contributed by atoms with Crippen LogP contribution in [-0.4, -0.2) is 16.2 Å². The maximum absolute atomic E-state index is 4.24. The van der Waals surface area contributed by atoms with Crippen molar-refractivity contribution in [2.75, 3.05) is 0 Å². The van der Waals surface area contributed by atoms with E-state index in [9.17, 15) is 0 Å². The smallest absolute Gasteiger partial charge is 0.105 e. The van der Waals surface area contributed by atoms with Gasteiger partial charge >= 0.3 is 0 Å². The fraction of sp³-hybridized carbons (Fsp3) is 0.286. The van der Waals surface area contributed by atoms with Crippen LogP contribution < -0.4 is 0 Å². The van der Waals surface area contributed by atoms with Crippen LogP contribution in [0.4, 0.5) is 0 Å². The van der Waals surface area contributed by atoms with Crippen molar-refractivity contribution >= 4 is 6.21 Å². The first kappa shape index (κ1) is 5.53. The van der Waals surface area contributed by atoms with Gasteiger partial charge in [-0.15, -0.1) is 0 Å². The molecule has 0 radical (unpaired) electrons.